The normalized spacial score (nSPS) is 12.9. The van der Waals surface area contributed by atoms with Crippen molar-refractivity contribution < 1.29 is 0 Å². The summed E-state index contributed by atoms with van der Waals surface area (Å²) in [6.07, 6.45) is 3.06. The van der Waals surface area contributed by atoms with Crippen LogP contribution in [0.25, 0.3) is 10.9 Å². The molecule has 1 unspecified atom stereocenters. The Kier molecular flexibility index (Phi) is 3.59. The van der Waals surface area contributed by atoms with Gasteiger partial charge in [0.1, 0.15) is 0 Å². The molecule has 3 nitrogen and oxygen atoms in total. The fraction of sp³-hybridized carbons (Fsp3) is 0.312. The molecule has 0 fully saturated rings. The Morgan fingerprint density at radius 1 is 1.35 bits per heavy atom. The summed E-state index contributed by atoms with van der Waals surface area (Å²) in [4.78, 5) is 4.53. The Bertz CT molecular complexity index is 724. The van der Waals surface area contributed by atoms with Crippen molar-refractivity contribution in [1.82, 2.24) is 9.55 Å². The molecular formula is C16H19N3S. The number of hydrogen-bond acceptors (Lipinski definition) is 3. The lowest BCUT2D eigenvalue weighted by Gasteiger charge is -2.07. The van der Waals surface area contributed by atoms with Crippen LogP contribution < -0.4 is 5.73 Å². The van der Waals surface area contributed by atoms with E-state index in [0.717, 1.165) is 23.7 Å². The van der Waals surface area contributed by atoms with Gasteiger partial charge in [-0.1, -0.05) is 6.07 Å². The monoisotopic (exact) mass is 285 g/mol. The second kappa shape index (κ2) is 5.38. The minimum absolute atomic E-state index is 0.201. The highest BCUT2D eigenvalue weighted by Crippen LogP contribution is 2.20. The van der Waals surface area contributed by atoms with Crippen molar-refractivity contribution in [3.05, 3.63) is 52.1 Å². The number of aromatic nitrogens is 2. The second-order valence-electron chi connectivity index (χ2n) is 5.38. The largest absolute Gasteiger partial charge is 0.341 e. The molecule has 104 valence electrons. The van der Waals surface area contributed by atoms with Gasteiger partial charge in [-0.3, -0.25) is 0 Å². The van der Waals surface area contributed by atoms with Gasteiger partial charge in [-0.2, -0.15) is 0 Å². The van der Waals surface area contributed by atoms with E-state index in [1.54, 1.807) is 11.3 Å². The Labute approximate surface area is 123 Å². The van der Waals surface area contributed by atoms with E-state index in [1.807, 2.05) is 13.8 Å². The molecule has 0 saturated carbocycles. The van der Waals surface area contributed by atoms with Crippen LogP contribution in [0.1, 0.15) is 23.2 Å². The van der Waals surface area contributed by atoms with E-state index in [0.29, 0.717) is 0 Å². The van der Waals surface area contributed by atoms with E-state index < -0.39 is 0 Å². The number of nitrogens with two attached hydrogens (primary N) is 1. The lowest BCUT2D eigenvalue weighted by Crippen LogP contribution is -2.17. The highest BCUT2D eigenvalue weighted by atomic mass is 32.1. The molecule has 3 aromatic rings. The van der Waals surface area contributed by atoms with Gasteiger partial charge in [0, 0.05) is 23.1 Å². The molecule has 0 aliphatic carbocycles. The van der Waals surface area contributed by atoms with E-state index in [9.17, 15) is 0 Å². The van der Waals surface area contributed by atoms with Crippen LogP contribution in [0, 0.1) is 6.92 Å². The lowest BCUT2D eigenvalue weighted by atomic mass is 10.1. The molecule has 1 aromatic carbocycles. The first kappa shape index (κ1) is 13.3. The van der Waals surface area contributed by atoms with Crippen molar-refractivity contribution in [3.8, 4) is 0 Å². The van der Waals surface area contributed by atoms with Gasteiger partial charge in [0.15, 0.2) is 0 Å². The summed E-state index contributed by atoms with van der Waals surface area (Å²) in [7, 11) is 0. The average Bonchev–Trinajstić information content (AvgIpc) is 2.96. The van der Waals surface area contributed by atoms with Crippen LogP contribution in [0.2, 0.25) is 0 Å². The summed E-state index contributed by atoms with van der Waals surface area (Å²) in [5, 5.41) is 4.52. The van der Waals surface area contributed by atoms with Crippen molar-refractivity contribution in [2.45, 2.75) is 32.9 Å². The summed E-state index contributed by atoms with van der Waals surface area (Å²) >= 11 is 1.70. The third kappa shape index (κ3) is 2.76. The predicted molar refractivity (Wildman–Crippen MR) is 85.2 cm³/mol. The zero-order chi connectivity index (χ0) is 14.1. The van der Waals surface area contributed by atoms with Gasteiger partial charge in [-0.05, 0) is 49.4 Å². The Morgan fingerprint density at radius 2 is 2.20 bits per heavy atom. The molecular weight excluding hydrogens is 266 g/mol. The molecule has 3 rings (SSSR count). The molecule has 0 saturated heterocycles. The van der Waals surface area contributed by atoms with Gasteiger partial charge < -0.3 is 10.3 Å². The summed E-state index contributed by atoms with van der Waals surface area (Å²) in [5.74, 6) is 0. The Hall–Kier alpha value is -1.65. The van der Waals surface area contributed by atoms with Crippen LogP contribution in [0.3, 0.4) is 0 Å². The highest BCUT2D eigenvalue weighted by molar-refractivity contribution is 7.09. The fourth-order valence-corrected chi connectivity index (χ4v) is 3.15. The van der Waals surface area contributed by atoms with Crippen molar-refractivity contribution in [3.63, 3.8) is 0 Å². The van der Waals surface area contributed by atoms with Gasteiger partial charge >= 0.3 is 0 Å². The number of rotatable bonds is 4. The van der Waals surface area contributed by atoms with Gasteiger partial charge in [-0.25, -0.2) is 4.98 Å². The van der Waals surface area contributed by atoms with Crippen LogP contribution in [0.15, 0.2) is 35.8 Å². The number of benzene rings is 1. The van der Waals surface area contributed by atoms with E-state index in [2.05, 4.69) is 45.4 Å². The quantitative estimate of drug-likeness (QED) is 0.799. The Morgan fingerprint density at radius 3 is 2.90 bits per heavy atom. The molecule has 0 aliphatic heterocycles. The van der Waals surface area contributed by atoms with Crippen LogP contribution in [0.5, 0.6) is 0 Å². The first-order valence-electron chi connectivity index (χ1n) is 6.86. The predicted octanol–water partition coefficient (Wildman–Crippen LogP) is 3.34. The molecule has 2 N–H and O–H groups in total. The van der Waals surface area contributed by atoms with Crippen molar-refractivity contribution in [1.29, 1.82) is 0 Å². The molecule has 1 atom stereocenters. The summed E-state index contributed by atoms with van der Waals surface area (Å²) < 4.78 is 2.25. The molecule has 20 heavy (non-hydrogen) atoms. The summed E-state index contributed by atoms with van der Waals surface area (Å²) in [5.41, 5.74) is 9.55. The first-order chi connectivity index (χ1) is 9.61. The second-order valence-corrected chi connectivity index (χ2v) is 6.44. The standard InChI is InChI=1S/C16H19N3S/c1-11(17)7-13-3-4-16-14(8-13)5-6-19(16)9-15-10-20-12(2)18-15/h3-6,8,10-11H,7,9,17H2,1-2H3. The first-order valence-corrected chi connectivity index (χ1v) is 7.74. The Balaban J connectivity index is 1.89. The van der Waals surface area contributed by atoms with Gasteiger partial charge in [0.05, 0.1) is 17.2 Å². The van der Waals surface area contributed by atoms with Crippen LogP contribution in [0.4, 0.5) is 0 Å². The highest BCUT2D eigenvalue weighted by Gasteiger charge is 2.06. The lowest BCUT2D eigenvalue weighted by molar-refractivity contribution is 0.738. The SMILES string of the molecule is Cc1nc(Cn2ccc3cc(CC(C)N)ccc32)cs1. The fourth-order valence-electron chi connectivity index (χ4n) is 2.54. The maximum Gasteiger partial charge on any atom is 0.0898 e. The smallest absolute Gasteiger partial charge is 0.0898 e. The molecule has 4 heteroatoms. The maximum atomic E-state index is 5.87. The van der Waals surface area contributed by atoms with E-state index in [1.165, 1.54) is 16.5 Å². The van der Waals surface area contributed by atoms with E-state index >= 15 is 0 Å². The number of aryl methyl sites for hydroxylation is 1. The van der Waals surface area contributed by atoms with Gasteiger partial charge in [0.2, 0.25) is 0 Å². The summed E-state index contributed by atoms with van der Waals surface area (Å²) in [6.45, 7) is 4.92. The number of fused-ring (bicyclic) bond motifs is 1. The number of hydrogen-bond donors (Lipinski definition) is 1. The van der Waals surface area contributed by atoms with Crippen molar-refractivity contribution in [2.24, 2.45) is 5.73 Å². The van der Waals surface area contributed by atoms with Crippen LogP contribution >= 0.6 is 11.3 Å². The zero-order valence-corrected chi connectivity index (χ0v) is 12.7. The van der Waals surface area contributed by atoms with Crippen LogP contribution in [-0.2, 0) is 13.0 Å². The molecule has 0 amide bonds. The minimum atomic E-state index is 0.201. The topological polar surface area (TPSA) is 43.8 Å². The molecule has 2 aromatic heterocycles. The molecule has 0 radical (unpaired) electrons. The zero-order valence-electron chi connectivity index (χ0n) is 11.8. The number of nitrogens with zero attached hydrogens (tertiary/aromatic N) is 2. The third-order valence-electron chi connectivity index (χ3n) is 3.39. The average molecular weight is 285 g/mol. The molecule has 0 bridgehead atoms. The molecule has 0 spiro atoms. The van der Waals surface area contributed by atoms with Crippen molar-refractivity contribution in [2.75, 3.05) is 0 Å². The van der Waals surface area contributed by atoms with Gasteiger partial charge in [0.25, 0.3) is 0 Å². The van der Waals surface area contributed by atoms with E-state index in [4.69, 9.17) is 5.73 Å². The van der Waals surface area contributed by atoms with Crippen molar-refractivity contribution >= 4 is 22.2 Å². The molecule has 0 aliphatic rings. The summed E-state index contributed by atoms with van der Waals surface area (Å²) in [6, 6.07) is 8.97. The number of thiazole rings is 1. The maximum absolute atomic E-state index is 5.87. The minimum Gasteiger partial charge on any atom is -0.341 e. The van der Waals surface area contributed by atoms with Gasteiger partial charge in [-0.15, -0.1) is 11.3 Å². The van der Waals surface area contributed by atoms with Crippen LogP contribution in [-0.4, -0.2) is 15.6 Å². The third-order valence-corrected chi connectivity index (χ3v) is 4.21. The molecule has 2 heterocycles. The van der Waals surface area contributed by atoms with E-state index in [-0.39, 0.29) is 6.04 Å².